The number of para-hydroxylation sites is 2. The first-order valence-corrected chi connectivity index (χ1v) is 9.31. The summed E-state index contributed by atoms with van der Waals surface area (Å²) in [5, 5.41) is 2.85. The molecular formula is C22H24N3O3+. The smallest absolute Gasteiger partial charge is 0.338 e. The van der Waals surface area contributed by atoms with Gasteiger partial charge in [-0.25, -0.2) is 13.9 Å². The molecule has 0 bridgehead atoms. The molecule has 0 aliphatic heterocycles. The van der Waals surface area contributed by atoms with Crippen molar-refractivity contribution in [1.29, 1.82) is 0 Å². The van der Waals surface area contributed by atoms with E-state index in [1.165, 1.54) is 0 Å². The van der Waals surface area contributed by atoms with Crippen molar-refractivity contribution >= 4 is 34.8 Å². The fourth-order valence-electron chi connectivity index (χ4n) is 2.91. The molecule has 0 aliphatic rings. The lowest BCUT2D eigenvalue weighted by Crippen LogP contribution is -2.39. The Balaban J connectivity index is 1.64. The van der Waals surface area contributed by atoms with Crippen molar-refractivity contribution in [3.63, 3.8) is 0 Å². The zero-order valence-electron chi connectivity index (χ0n) is 15.9. The van der Waals surface area contributed by atoms with E-state index in [0.717, 1.165) is 23.9 Å². The van der Waals surface area contributed by atoms with Gasteiger partial charge in [-0.15, -0.1) is 0 Å². The molecular weight excluding hydrogens is 354 g/mol. The average molecular weight is 378 g/mol. The van der Waals surface area contributed by atoms with Gasteiger partial charge in [-0.05, 0) is 42.8 Å². The third-order valence-electron chi connectivity index (χ3n) is 4.38. The number of esters is 1. The number of fused-ring (bicyclic) bond motifs is 1. The van der Waals surface area contributed by atoms with Gasteiger partial charge < -0.3 is 10.1 Å². The Bertz CT molecular complexity index is 990. The van der Waals surface area contributed by atoms with Crippen LogP contribution in [0.4, 0.5) is 5.69 Å². The van der Waals surface area contributed by atoms with E-state index < -0.39 is 0 Å². The molecule has 0 unspecified atom stereocenters. The monoisotopic (exact) mass is 378 g/mol. The Morgan fingerprint density at radius 1 is 1.18 bits per heavy atom. The second-order valence-electron chi connectivity index (χ2n) is 6.44. The minimum absolute atomic E-state index is 0.157. The highest BCUT2D eigenvalue weighted by molar-refractivity contribution is 5.92. The molecule has 6 heteroatoms. The van der Waals surface area contributed by atoms with Crippen molar-refractivity contribution in [2.24, 2.45) is 0 Å². The Morgan fingerprint density at radius 3 is 2.64 bits per heavy atom. The Hall–Kier alpha value is -3.41. The zero-order valence-corrected chi connectivity index (χ0v) is 15.9. The summed E-state index contributed by atoms with van der Waals surface area (Å²) in [6.07, 6.45) is 5.36. The molecule has 1 aromatic heterocycles. The SMILES string of the molecule is C=Cn1c[n+](CC(=O)Nc2ccc(C(=O)OCCCC)cc2)c2ccccc21. The van der Waals surface area contributed by atoms with Gasteiger partial charge in [0.2, 0.25) is 6.33 Å². The lowest BCUT2D eigenvalue weighted by Gasteiger charge is -2.06. The van der Waals surface area contributed by atoms with Gasteiger partial charge >= 0.3 is 5.97 Å². The van der Waals surface area contributed by atoms with Crippen molar-refractivity contribution < 1.29 is 18.9 Å². The number of benzene rings is 2. The van der Waals surface area contributed by atoms with Crippen molar-refractivity contribution in [2.45, 2.75) is 26.3 Å². The maximum absolute atomic E-state index is 12.5. The zero-order chi connectivity index (χ0) is 19.9. The largest absolute Gasteiger partial charge is 0.462 e. The minimum atomic E-state index is -0.348. The molecule has 0 fully saturated rings. The molecule has 2 aromatic carbocycles. The summed E-state index contributed by atoms with van der Waals surface area (Å²) in [4.78, 5) is 24.4. The first-order valence-electron chi connectivity index (χ1n) is 9.31. The van der Waals surface area contributed by atoms with E-state index in [2.05, 4.69) is 11.9 Å². The number of unbranched alkanes of at least 4 members (excludes halogenated alkanes) is 1. The molecule has 0 radical (unpaired) electrons. The summed E-state index contributed by atoms with van der Waals surface area (Å²) in [7, 11) is 0. The molecule has 144 valence electrons. The maximum Gasteiger partial charge on any atom is 0.338 e. The van der Waals surface area contributed by atoms with Crippen molar-refractivity contribution in [3.8, 4) is 0 Å². The van der Waals surface area contributed by atoms with E-state index in [-0.39, 0.29) is 18.4 Å². The third-order valence-corrected chi connectivity index (χ3v) is 4.38. The number of amides is 1. The third kappa shape index (κ3) is 4.46. The van der Waals surface area contributed by atoms with Crippen LogP contribution in [0.5, 0.6) is 0 Å². The topological polar surface area (TPSA) is 64.2 Å². The number of hydrogen-bond donors (Lipinski definition) is 1. The highest BCUT2D eigenvalue weighted by atomic mass is 16.5. The van der Waals surface area contributed by atoms with Crippen molar-refractivity contribution in [3.05, 3.63) is 67.0 Å². The summed E-state index contributed by atoms with van der Waals surface area (Å²) >= 11 is 0. The molecule has 28 heavy (non-hydrogen) atoms. The first-order chi connectivity index (χ1) is 13.6. The highest BCUT2D eigenvalue weighted by Gasteiger charge is 2.16. The number of imidazole rings is 1. The molecule has 0 aliphatic carbocycles. The normalized spacial score (nSPS) is 10.6. The fourth-order valence-corrected chi connectivity index (χ4v) is 2.91. The lowest BCUT2D eigenvalue weighted by atomic mass is 10.2. The molecule has 1 N–H and O–H groups in total. The molecule has 0 atom stereocenters. The van der Waals surface area contributed by atoms with E-state index in [4.69, 9.17) is 4.74 Å². The standard InChI is InChI=1S/C22H23N3O3/c1-3-5-14-28-22(27)17-10-12-18(13-11-17)23-21(26)15-25-16-24(4-2)19-8-6-7-9-20(19)25/h4,6-13,16H,2-3,5,14-15H2,1H3/p+1. The van der Waals surface area contributed by atoms with Crippen LogP contribution >= 0.6 is 0 Å². The second-order valence-corrected chi connectivity index (χ2v) is 6.44. The first kappa shape index (κ1) is 19.4. The maximum atomic E-state index is 12.5. The van der Waals surface area contributed by atoms with Crippen LogP contribution in [0.25, 0.3) is 17.2 Å². The van der Waals surface area contributed by atoms with E-state index in [1.807, 2.05) is 46.7 Å². The molecule has 1 heterocycles. The van der Waals surface area contributed by atoms with Crippen molar-refractivity contribution in [2.75, 3.05) is 11.9 Å². The molecule has 3 rings (SSSR count). The summed E-state index contributed by atoms with van der Waals surface area (Å²) in [5.74, 6) is -0.505. The number of ether oxygens (including phenoxy) is 1. The van der Waals surface area contributed by atoms with Gasteiger partial charge in [0, 0.05) is 5.69 Å². The van der Waals surface area contributed by atoms with E-state index in [1.54, 1.807) is 30.5 Å². The van der Waals surface area contributed by atoms with Gasteiger partial charge in [-0.1, -0.05) is 32.1 Å². The van der Waals surface area contributed by atoms with Gasteiger partial charge in [0.1, 0.15) is 0 Å². The lowest BCUT2D eigenvalue weighted by molar-refractivity contribution is -0.658. The van der Waals surface area contributed by atoms with Gasteiger partial charge in [0.25, 0.3) is 5.91 Å². The molecule has 3 aromatic rings. The highest BCUT2D eigenvalue weighted by Crippen LogP contribution is 2.12. The Morgan fingerprint density at radius 2 is 1.93 bits per heavy atom. The summed E-state index contributed by atoms with van der Waals surface area (Å²) < 4.78 is 8.93. The number of hydrogen-bond acceptors (Lipinski definition) is 3. The molecule has 1 amide bonds. The predicted molar refractivity (Wildman–Crippen MR) is 109 cm³/mol. The van der Waals surface area contributed by atoms with Crippen LogP contribution in [-0.4, -0.2) is 23.1 Å². The van der Waals surface area contributed by atoms with Crippen LogP contribution in [-0.2, 0) is 16.1 Å². The number of rotatable bonds is 8. The number of nitrogens with one attached hydrogen (secondary N) is 1. The van der Waals surface area contributed by atoms with Crippen LogP contribution in [0.15, 0.2) is 61.4 Å². The van der Waals surface area contributed by atoms with Crippen LogP contribution in [0.1, 0.15) is 30.1 Å². The van der Waals surface area contributed by atoms with Gasteiger partial charge in [0.05, 0.1) is 18.4 Å². The molecule has 0 saturated heterocycles. The average Bonchev–Trinajstić information content (AvgIpc) is 3.06. The number of nitrogens with zero attached hydrogens (tertiary/aromatic N) is 2. The minimum Gasteiger partial charge on any atom is -0.462 e. The summed E-state index contributed by atoms with van der Waals surface area (Å²) in [6, 6.07) is 14.5. The Labute approximate surface area is 164 Å². The predicted octanol–water partition coefficient (Wildman–Crippen LogP) is 3.62. The number of aromatic nitrogens is 2. The van der Waals surface area contributed by atoms with E-state index in [9.17, 15) is 9.59 Å². The van der Waals surface area contributed by atoms with Gasteiger partial charge in [-0.2, -0.15) is 0 Å². The number of carbonyl (C=O) groups excluding carboxylic acids is 2. The van der Waals surface area contributed by atoms with Crippen LogP contribution in [0.3, 0.4) is 0 Å². The second kappa shape index (κ2) is 8.99. The number of anilines is 1. The molecule has 6 nitrogen and oxygen atoms in total. The quantitative estimate of drug-likeness (QED) is 0.370. The van der Waals surface area contributed by atoms with Crippen molar-refractivity contribution in [1.82, 2.24) is 4.57 Å². The fraction of sp³-hybridized carbons (Fsp3) is 0.227. The van der Waals surface area contributed by atoms with Crippen LogP contribution in [0.2, 0.25) is 0 Å². The summed E-state index contributed by atoms with van der Waals surface area (Å²) in [5.41, 5.74) is 3.03. The van der Waals surface area contributed by atoms with E-state index in [0.29, 0.717) is 17.9 Å². The van der Waals surface area contributed by atoms with Crippen LogP contribution < -0.4 is 9.88 Å². The van der Waals surface area contributed by atoms with Crippen LogP contribution in [0, 0.1) is 0 Å². The van der Waals surface area contributed by atoms with Gasteiger partial charge in [-0.3, -0.25) is 4.79 Å². The summed E-state index contributed by atoms with van der Waals surface area (Å²) in [6.45, 7) is 6.43. The number of carbonyl (C=O) groups is 2. The molecule has 0 saturated carbocycles. The van der Waals surface area contributed by atoms with E-state index >= 15 is 0 Å². The molecule has 0 spiro atoms. The van der Waals surface area contributed by atoms with Gasteiger partial charge in [0.15, 0.2) is 17.6 Å². The Kier molecular flexibility index (Phi) is 6.22.